The van der Waals surface area contributed by atoms with Gasteiger partial charge in [0.1, 0.15) is 0 Å². The number of hydrogen-bond acceptors (Lipinski definition) is 5. The Hall–Kier alpha value is -4.00. The summed E-state index contributed by atoms with van der Waals surface area (Å²) < 4.78 is 4.74. The van der Waals surface area contributed by atoms with Gasteiger partial charge in [0.15, 0.2) is 0 Å². The van der Waals surface area contributed by atoms with Crippen molar-refractivity contribution >= 4 is 23.5 Å². The first kappa shape index (κ1) is 26.6. The van der Waals surface area contributed by atoms with Crippen molar-refractivity contribution in [3.63, 3.8) is 0 Å². The number of pyridine rings is 1. The maximum absolute atomic E-state index is 13.3. The summed E-state index contributed by atoms with van der Waals surface area (Å²) in [6, 6.07) is 23.3. The lowest BCUT2D eigenvalue weighted by Gasteiger charge is -2.24. The summed E-state index contributed by atoms with van der Waals surface area (Å²) in [6.45, 7) is 4.03. The fourth-order valence-electron chi connectivity index (χ4n) is 3.98. The van der Waals surface area contributed by atoms with Crippen molar-refractivity contribution in [1.82, 2.24) is 10.3 Å². The van der Waals surface area contributed by atoms with Crippen LogP contribution in [0, 0.1) is 11.8 Å². The zero-order chi connectivity index (χ0) is 25.9. The van der Waals surface area contributed by atoms with Gasteiger partial charge in [-0.05, 0) is 47.7 Å². The van der Waals surface area contributed by atoms with Gasteiger partial charge in [0.2, 0.25) is 11.8 Å². The van der Waals surface area contributed by atoms with E-state index in [2.05, 4.69) is 10.3 Å². The molecule has 1 aromatic heterocycles. The zero-order valence-corrected chi connectivity index (χ0v) is 21.0. The van der Waals surface area contributed by atoms with Gasteiger partial charge in [-0.25, -0.2) is 0 Å². The number of aromatic nitrogens is 1. The van der Waals surface area contributed by atoms with E-state index in [9.17, 15) is 14.4 Å². The average molecular weight is 488 g/mol. The van der Waals surface area contributed by atoms with E-state index in [0.29, 0.717) is 12.1 Å². The summed E-state index contributed by atoms with van der Waals surface area (Å²) in [4.78, 5) is 43.9. The number of methoxy groups -OCH3 is 1. The van der Waals surface area contributed by atoms with Crippen molar-refractivity contribution in [3.8, 4) is 11.1 Å². The summed E-state index contributed by atoms with van der Waals surface area (Å²) in [5.41, 5.74) is 3.55. The number of amides is 2. The first-order valence-corrected chi connectivity index (χ1v) is 12.1. The highest BCUT2D eigenvalue weighted by Crippen LogP contribution is 2.24. The van der Waals surface area contributed by atoms with Gasteiger partial charge in [0, 0.05) is 17.8 Å². The van der Waals surface area contributed by atoms with Crippen LogP contribution in [0.5, 0.6) is 0 Å². The molecule has 0 fully saturated rings. The maximum atomic E-state index is 13.3. The number of carbonyl (C=O) groups is 3. The van der Waals surface area contributed by atoms with Gasteiger partial charge in [-0.3, -0.25) is 19.4 Å². The molecule has 0 spiro atoms. The number of rotatable bonds is 11. The number of nitrogens with one attached hydrogen (secondary N) is 1. The van der Waals surface area contributed by atoms with Gasteiger partial charge >= 0.3 is 5.97 Å². The molecule has 1 heterocycles. The largest absolute Gasteiger partial charge is 0.469 e. The Morgan fingerprint density at radius 2 is 1.58 bits per heavy atom. The number of benzene rings is 2. The molecule has 2 aromatic carbocycles. The highest BCUT2D eigenvalue weighted by molar-refractivity contribution is 5.97. The van der Waals surface area contributed by atoms with Crippen LogP contribution in [0.3, 0.4) is 0 Å². The lowest BCUT2D eigenvalue weighted by atomic mass is 9.93. The summed E-state index contributed by atoms with van der Waals surface area (Å²) in [6.07, 6.45) is 2.18. The van der Waals surface area contributed by atoms with Crippen molar-refractivity contribution in [3.05, 3.63) is 84.7 Å². The van der Waals surface area contributed by atoms with E-state index in [1.54, 1.807) is 11.1 Å². The third kappa shape index (κ3) is 7.77. The molecule has 3 aromatic rings. The number of esters is 1. The van der Waals surface area contributed by atoms with E-state index in [0.717, 1.165) is 16.8 Å². The first-order valence-electron chi connectivity index (χ1n) is 12.1. The lowest BCUT2D eigenvalue weighted by Crippen LogP contribution is -2.42. The smallest absolute Gasteiger partial charge is 0.306 e. The second kappa shape index (κ2) is 13.2. The predicted octanol–water partition coefficient (Wildman–Crippen LogP) is 4.62. The highest BCUT2D eigenvalue weighted by Gasteiger charge is 2.25. The van der Waals surface area contributed by atoms with Gasteiger partial charge in [0.25, 0.3) is 0 Å². The van der Waals surface area contributed by atoms with E-state index >= 15 is 0 Å². The molecule has 0 unspecified atom stereocenters. The van der Waals surface area contributed by atoms with E-state index < -0.39 is 11.9 Å². The molecule has 7 nitrogen and oxygen atoms in total. The second-order valence-electron chi connectivity index (χ2n) is 9.04. The molecule has 3 rings (SSSR count). The van der Waals surface area contributed by atoms with Crippen molar-refractivity contribution in [2.24, 2.45) is 11.8 Å². The molecule has 0 saturated carbocycles. The molecule has 1 atom stereocenters. The van der Waals surface area contributed by atoms with Crippen LogP contribution in [0.15, 0.2) is 79.0 Å². The fourth-order valence-corrected chi connectivity index (χ4v) is 3.98. The molecule has 0 radical (unpaired) electrons. The van der Waals surface area contributed by atoms with Crippen LogP contribution in [0.25, 0.3) is 11.1 Å². The average Bonchev–Trinajstić information content (AvgIpc) is 2.90. The quantitative estimate of drug-likeness (QED) is 0.399. The number of carbonyl (C=O) groups excluding carboxylic acids is 3. The minimum absolute atomic E-state index is 0.0205. The monoisotopic (exact) mass is 487 g/mol. The van der Waals surface area contributed by atoms with E-state index in [-0.39, 0.29) is 37.2 Å². The molecular formula is C29H33N3O4. The number of ether oxygens (including phenoxy) is 1. The summed E-state index contributed by atoms with van der Waals surface area (Å²) >= 11 is 0. The molecule has 0 bridgehead atoms. The molecule has 1 N–H and O–H groups in total. The van der Waals surface area contributed by atoms with Crippen LogP contribution in [-0.2, 0) is 25.7 Å². The standard InChI is InChI=1S/C29H33N3O4/c1-21(2)17-24(18-28(34)36-3)29(35)31-19-27(33)32(20-25-11-7-8-16-30-25)26-14-12-23(13-15-26)22-9-5-4-6-10-22/h4-16,21,24H,17-20H2,1-3H3,(H,31,35)/t24-/m1/s1. The van der Waals surface area contributed by atoms with Gasteiger partial charge in [-0.1, -0.05) is 62.4 Å². The molecule has 0 aliphatic carbocycles. The molecular weight excluding hydrogens is 454 g/mol. The van der Waals surface area contributed by atoms with Gasteiger partial charge in [-0.15, -0.1) is 0 Å². The number of nitrogens with zero attached hydrogens (tertiary/aromatic N) is 2. The number of anilines is 1. The van der Waals surface area contributed by atoms with E-state index in [1.165, 1.54) is 7.11 Å². The van der Waals surface area contributed by atoms with Crippen LogP contribution in [-0.4, -0.2) is 36.4 Å². The maximum Gasteiger partial charge on any atom is 0.306 e. The summed E-state index contributed by atoms with van der Waals surface area (Å²) in [5, 5.41) is 2.73. The third-order valence-electron chi connectivity index (χ3n) is 5.81. The van der Waals surface area contributed by atoms with Gasteiger partial charge < -0.3 is 15.0 Å². The minimum Gasteiger partial charge on any atom is -0.469 e. The Morgan fingerprint density at radius 1 is 0.917 bits per heavy atom. The van der Waals surface area contributed by atoms with E-state index in [4.69, 9.17) is 4.74 Å². The molecule has 0 aliphatic rings. The molecule has 0 aliphatic heterocycles. The highest BCUT2D eigenvalue weighted by atomic mass is 16.5. The summed E-state index contributed by atoms with van der Waals surface area (Å²) in [5.74, 6) is -1.40. The Kier molecular flexibility index (Phi) is 9.74. The Morgan fingerprint density at radius 3 is 2.19 bits per heavy atom. The van der Waals surface area contributed by atoms with Crippen LogP contribution < -0.4 is 10.2 Å². The first-order chi connectivity index (χ1) is 17.4. The Balaban J connectivity index is 1.76. The van der Waals surface area contributed by atoms with E-state index in [1.807, 2.05) is 86.6 Å². The Labute approximate surface area is 212 Å². The minimum atomic E-state index is -0.556. The van der Waals surface area contributed by atoms with Crippen LogP contribution in [0.2, 0.25) is 0 Å². The van der Waals surface area contributed by atoms with Crippen molar-refractivity contribution < 1.29 is 19.1 Å². The zero-order valence-electron chi connectivity index (χ0n) is 21.0. The molecule has 188 valence electrons. The SMILES string of the molecule is COC(=O)C[C@@H](CC(C)C)C(=O)NCC(=O)N(Cc1ccccn1)c1ccc(-c2ccccc2)cc1. The van der Waals surface area contributed by atoms with Gasteiger partial charge in [-0.2, -0.15) is 0 Å². The van der Waals surface area contributed by atoms with Gasteiger partial charge in [0.05, 0.1) is 32.3 Å². The van der Waals surface area contributed by atoms with Crippen LogP contribution in [0.1, 0.15) is 32.4 Å². The molecule has 2 amide bonds. The number of hydrogen-bond donors (Lipinski definition) is 1. The van der Waals surface area contributed by atoms with Crippen LogP contribution in [0.4, 0.5) is 5.69 Å². The normalized spacial score (nSPS) is 11.6. The Bertz CT molecular complexity index is 1130. The molecule has 36 heavy (non-hydrogen) atoms. The third-order valence-corrected chi connectivity index (χ3v) is 5.81. The predicted molar refractivity (Wildman–Crippen MR) is 140 cm³/mol. The van der Waals surface area contributed by atoms with Crippen molar-refractivity contribution in [2.75, 3.05) is 18.6 Å². The van der Waals surface area contributed by atoms with Crippen LogP contribution >= 0.6 is 0 Å². The topological polar surface area (TPSA) is 88.6 Å². The second-order valence-corrected chi connectivity index (χ2v) is 9.04. The van der Waals surface area contributed by atoms with Crippen molar-refractivity contribution in [2.45, 2.75) is 33.2 Å². The lowest BCUT2D eigenvalue weighted by molar-refractivity contribution is -0.144. The molecule has 0 saturated heterocycles. The summed E-state index contributed by atoms with van der Waals surface area (Å²) in [7, 11) is 1.30. The van der Waals surface area contributed by atoms with Crippen molar-refractivity contribution in [1.29, 1.82) is 0 Å². The fraction of sp³-hybridized carbons (Fsp3) is 0.310. The molecule has 7 heteroatoms.